The van der Waals surface area contributed by atoms with Crippen LogP contribution < -0.4 is 4.42 Å². The first-order chi connectivity index (χ1) is 6.76. The molecule has 1 saturated carbocycles. The van der Waals surface area contributed by atoms with Crippen molar-refractivity contribution in [3.8, 4) is 0 Å². The smallest absolute Gasteiger partial charge is 0.252 e. The van der Waals surface area contributed by atoms with Gasteiger partial charge in [0, 0.05) is 11.8 Å². The lowest BCUT2D eigenvalue weighted by Crippen LogP contribution is -2.42. The van der Waals surface area contributed by atoms with Crippen LogP contribution in [0.1, 0.15) is 24.8 Å². The molecule has 1 aliphatic heterocycles. The Balaban J connectivity index is 2.23. The molecule has 0 N–H and O–H groups in total. The van der Waals surface area contributed by atoms with Crippen LogP contribution in [-0.4, -0.2) is 5.91 Å². The Morgan fingerprint density at radius 3 is 2.64 bits per heavy atom. The summed E-state index contributed by atoms with van der Waals surface area (Å²) in [6, 6.07) is 7.82. The lowest BCUT2D eigenvalue weighted by molar-refractivity contribution is -0.124. The van der Waals surface area contributed by atoms with Crippen molar-refractivity contribution in [3.05, 3.63) is 29.8 Å². The van der Waals surface area contributed by atoms with E-state index in [4.69, 9.17) is 11.8 Å². The highest BCUT2D eigenvalue weighted by molar-refractivity contribution is 6.40. The van der Waals surface area contributed by atoms with Gasteiger partial charge in [0.05, 0.1) is 11.1 Å². The standard InChI is InChI=1S/C11H10ClNO/c12-13-9-5-2-1-4-8(9)11(10(13)14)6-3-7-11/h1-2,4-5H,3,6-7H2. The number of halogens is 1. The van der Waals surface area contributed by atoms with Crippen LogP contribution in [-0.2, 0) is 10.2 Å². The third kappa shape index (κ3) is 0.758. The molecule has 0 radical (unpaired) electrons. The summed E-state index contributed by atoms with van der Waals surface area (Å²) in [5.41, 5.74) is 1.73. The molecule has 3 heteroatoms. The van der Waals surface area contributed by atoms with Crippen LogP contribution in [0.2, 0.25) is 0 Å². The van der Waals surface area contributed by atoms with E-state index < -0.39 is 0 Å². The number of para-hydroxylation sites is 1. The van der Waals surface area contributed by atoms with Crippen LogP contribution in [0.25, 0.3) is 0 Å². The molecule has 1 heterocycles. The fraction of sp³-hybridized carbons (Fsp3) is 0.364. The number of fused-ring (bicyclic) bond motifs is 2. The van der Waals surface area contributed by atoms with E-state index in [9.17, 15) is 4.79 Å². The van der Waals surface area contributed by atoms with E-state index in [0.29, 0.717) is 0 Å². The fourth-order valence-corrected chi connectivity index (χ4v) is 2.78. The van der Waals surface area contributed by atoms with Crippen LogP contribution >= 0.6 is 11.8 Å². The molecule has 14 heavy (non-hydrogen) atoms. The predicted octanol–water partition coefficient (Wildman–Crippen LogP) is 2.61. The van der Waals surface area contributed by atoms with Gasteiger partial charge in [0.2, 0.25) is 0 Å². The number of hydrogen-bond acceptors (Lipinski definition) is 1. The SMILES string of the molecule is O=C1N(Cl)c2ccccc2C12CCC2. The molecule has 0 atom stereocenters. The summed E-state index contributed by atoms with van der Waals surface area (Å²) in [6.07, 6.45) is 3.03. The highest BCUT2D eigenvalue weighted by atomic mass is 35.5. The zero-order valence-corrected chi connectivity index (χ0v) is 8.42. The predicted molar refractivity (Wildman–Crippen MR) is 55.3 cm³/mol. The number of carbonyl (C=O) groups is 1. The van der Waals surface area contributed by atoms with Crippen molar-refractivity contribution in [3.63, 3.8) is 0 Å². The van der Waals surface area contributed by atoms with E-state index >= 15 is 0 Å². The molecule has 3 rings (SSSR count). The Kier molecular flexibility index (Phi) is 1.49. The number of carbonyl (C=O) groups excluding carboxylic acids is 1. The Morgan fingerprint density at radius 2 is 2.00 bits per heavy atom. The second-order valence-corrected chi connectivity index (χ2v) is 4.38. The second-order valence-electron chi connectivity index (χ2n) is 4.04. The van der Waals surface area contributed by atoms with Crippen molar-refractivity contribution >= 4 is 23.4 Å². The van der Waals surface area contributed by atoms with Gasteiger partial charge in [0.1, 0.15) is 0 Å². The number of hydrogen-bond donors (Lipinski definition) is 0. The Labute approximate surface area is 87.6 Å². The van der Waals surface area contributed by atoms with Crippen molar-refractivity contribution in [2.45, 2.75) is 24.7 Å². The third-order valence-electron chi connectivity index (χ3n) is 3.43. The number of anilines is 1. The molecule has 0 saturated heterocycles. The van der Waals surface area contributed by atoms with Gasteiger partial charge in [-0.25, -0.2) is 4.42 Å². The second kappa shape index (κ2) is 2.51. The topological polar surface area (TPSA) is 20.3 Å². The molecular formula is C11H10ClNO. The number of nitrogens with zero attached hydrogens (tertiary/aromatic N) is 1. The molecule has 2 aliphatic rings. The highest BCUT2D eigenvalue weighted by Gasteiger charge is 2.54. The van der Waals surface area contributed by atoms with Gasteiger partial charge in [-0.1, -0.05) is 24.6 Å². The van der Waals surface area contributed by atoms with E-state index in [1.54, 1.807) is 0 Å². The molecule has 0 aromatic heterocycles. The van der Waals surface area contributed by atoms with E-state index in [-0.39, 0.29) is 11.3 Å². The van der Waals surface area contributed by atoms with Gasteiger partial charge in [-0.05, 0) is 24.5 Å². The molecule has 1 aromatic carbocycles. The molecule has 1 spiro atoms. The minimum absolute atomic E-state index is 0.0617. The first-order valence-corrected chi connectivity index (χ1v) is 5.19. The molecule has 0 unspecified atom stereocenters. The Hall–Kier alpha value is -1.02. The van der Waals surface area contributed by atoms with Gasteiger partial charge in [-0.2, -0.15) is 0 Å². The Morgan fingerprint density at radius 1 is 1.29 bits per heavy atom. The van der Waals surface area contributed by atoms with Crippen molar-refractivity contribution in [2.24, 2.45) is 0 Å². The number of amides is 1. The Bertz CT molecular complexity index is 412. The quantitative estimate of drug-likeness (QED) is 0.599. The average Bonchev–Trinajstić information content (AvgIpc) is 2.37. The summed E-state index contributed by atoms with van der Waals surface area (Å²) < 4.78 is 1.29. The minimum Gasteiger partial charge on any atom is -0.272 e. The summed E-state index contributed by atoms with van der Waals surface area (Å²) in [5, 5.41) is 0. The maximum absolute atomic E-state index is 12.0. The van der Waals surface area contributed by atoms with Crippen LogP contribution in [0, 0.1) is 0 Å². The summed E-state index contributed by atoms with van der Waals surface area (Å²) in [6.45, 7) is 0. The van der Waals surface area contributed by atoms with Crippen molar-refractivity contribution < 1.29 is 4.79 Å². The molecule has 1 aromatic rings. The monoisotopic (exact) mass is 207 g/mol. The normalized spacial score (nSPS) is 22.4. The van der Waals surface area contributed by atoms with Gasteiger partial charge >= 0.3 is 0 Å². The summed E-state index contributed by atoms with van der Waals surface area (Å²) in [4.78, 5) is 12.0. The van der Waals surface area contributed by atoms with E-state index in [0.717, 1.165) is 30.5 Å². The molecule has 2 nitrogen and oxygen atoms in total. The van der Waals surface area contributed by atoms with Crippen LogP contribution in [0.4, 0.5) is 5.69 Å². The zero-order valence-electron chi connectivity index (χ0n) is 7.66. The summed E-state index contributed by atoms with van der Waals surface area (Å²) in [7, 11) is 0. The molecule has 1 fully saturated rings. The van der Waals surface area contributed by atoms with Crippen LogP contribution in [0.15, 0.2) is 24.3 Å². The van der Waals surface area contributed by atoms with E-state index in [2.05, 4.69) is 0 Å². The molecule has 1 aliphatic carbocycles. The summed E-state index contributed by atoms with van der Waals surface area (Å²) in [5.74, 6) is 0.0617. The van der Waals surface area contributed by atoms with Crippen molar-refractivity contribution in [1.82, 2.24) is 0 Å². The van der Waals surface area contributed by atoms with Gasteiger partial charge in [0.15, 0.2) is 0 Å². The highest BCUT2D eigenvalue weighted by Crippen LogP contribution is 2.53. The minimum atomic E-state index is -0.266. The number of rotatable bonds is 0. The first kappa shape index (κ1) is 8.30. The van der Waals surface area contributed by atoms with Gasteiger partial charge < -0.3 is 0 Å². The van der Waals surface area contributed by atoms with Gasteiger partial charge in [-0.15, -0.1) is 0 Å². The van der Waals surface area contributed by atoms with E-state index in [1.165, 1.54) is 4.42 Å². The van der Waals surface area contributed by atoms with Crippen molar-refractivity contribution in [2.75, 3.05) is 4.42 Å². The average molecular weight is 208 g/mol. The van der Waals surface area contributed by atoms with Gasteiger partial charge in [0.25, 0.3) is 5.91 Å². The maximum Gasteiger partial charge on any atom is 0.252 e. The van der Waals surface area contributed by atoms with Crippen LogP contribution in [0.3, 0.4) is 0 Å². The van der Waals surface area contributed by atoms with Crippen molar-refractivity contribution in [1.29, 1.82) is 0 Å². The molecule has 0 bridgehead atoms. The maximum atomic E-state index is 12.0. The zero-order chi connectivity index (χ0) is 9.76. The van der Waals surface area contributed by atoms with Crippen LogP contribution in [0.5, 0.6) is 0 Å². The largest absolute Gasteiger partial charge is 0.272 e. The summed E-state index contributed by atoms with van der Waals surface area (Å²) >= 11 is 5.97. The lowest BCUT2D eigenvalue weighted by Gasteiger charge is -2.36. The molecule has 72 valence electrons. The lowest BCUT2D eigenvalue weighted by atomic mass is 9.65. The van der Waals surface area contributed by atoms with Gasteiger partial charge in [-0.3, -0.25) is 4.79 Å². The molecule has 1 amide bonds. The number of benzene rings is 1. The molecular weight excluding hydrogens is 198 g/mol. The van der Waals surface area contributed by atoms with E-state index in [1.807, 2.05) is 24.3 Å². The third-order valence-corrected chi connectivity index (χ3v) is 3.76. The first-order valence-electron chi connectivity index (χ1n) is 4.85. The fourth-order valence-electron chi connectivity index (χ4n) is 2.48.